The normalized spacial score (nSPS) is 10.2. The SMILES string of the molecule is COCCN(C(=O)O)c1ccc(Br)cc1F. The third-order valence-corrected chi connectivity index (χ3v) is 2.44. The molecule has 0 bridgehead atoms. The Morgan fingerprint density at radius 2 is 2.31 bits per heavy atom. The number of rotatable bonds is 4. The quantitative estimate of drug-likeness (QED) is 0.928. The molecule has 1 rings (SSSR count). The van der Waals surface area contributed by atoms with Crippen molar-refractivity contribution in [2.45, 2.75) is 0 Å². The van der Waals surface area contributed by atoms with Gasteiger partial charge >= 0.3 is 6.09 Å². The Morgan fingerprint density at radius 3 is 2.81 bits per heavy atom. The van der Waals surface area contributed by atoms with Gasteiger partial charge in [0.05, 0.1) is 18.8 Å². The van der Waals surface area contributed by atoms with Crippen LogP contribution in [0.5, 0.6) is 0 Å². The maximum Gasteiger partial charge on any atom is 0.411 e. The topological polar surface area (TPSA) is 49.8 Å². The molecule has 4 nitrogen and oxygen atoms in total. The Hall–Kier alpha value is -1.14. The minimum atomic E-state index is -1.21. The average Bonchev–Trinajstić information content (AvgIpc) is 2.20. The fourth-order valence-electron chi connectivity index (χ4n) is 1.20. The van der Waals surface area contributed by atoms with Crippen LogP contribution in [0.3, 0.4) is 0 Å². The summed E-state index contributed by atoms with van der Waals surface area (Å²) >= 11 is 3.10. The predicted octanol–water partition coefficient (Wildman–Crippen LogP) is 2.72. The van der Waals surface area contributed by atoms with Crippen LogP contribution in [0.4, 0.5) is 14.9 Å². The molecular formula is C10H11BrFNO3. The van der Waals surface area contributed by atoms with E-state index in [1.54, 1.807) is 6.07 Å². The summed E-state index contributed by atoms with van der Waals surface area (Å²) in [7, 11) is 1.46. The Balaban J connectivity index is 2.96. The van der Waals surface area contributed by atoms with E-state index in [4.69, 9.17) is 9.84 Å². The highest BCUT2D eigenvalue weighted by Crippen LogP contribution is 2.23. The van der Waals surface area contributed by atoms with Crippen molar-refractivity contribution >= 4 is 27.7 Å². The molecule has 1 aromatic carbocycles. The molecule has 0 spiro atoms. The van der Waals surface area contributed by atoms with Crippen LogP contribution in [0.15, 0.2) is 22.7 Å². The van der Waals surface area contributed by atoms with Crippen LogP contribution in [0.2, 0.25) is 0 Å². The van der Waals surface area contributed by atoms with Crippen molar-refractivity contribution in [2.75, 3.05) is 25.2 Å². The standard InChI is InChI=1S/C10H11BrFNO3/c1-16-5-4-13(10(14)15)9-3-2-7(11)6-8(9)12/h2-3,6H,4-5H2,1H3,(H,14,15). The van der Waals surface area contributed by atoms with E-state index in [0.717, 1.165) is 4.90 Å². The molecule has 1 N–H and O–H groups in total. The second-order valence-corrected chi connectivity index (χ2v) is 3.94. The summed E-state index contributed by atoms with van der Waals surface area (Å²) in [4.78, 5) is 11.8. The smallest absolute Gasteiger partial charge is 0.411 e. The van der Waals surface area contributed by atoms with E-state index in [1.165, 1.54) is 19.2 Å². The summed E-state index contributed by atoms with van der Waals surface area (Å²) in [6.45, 7) is 0.298. The monoisotopic (exact) mass is 291 g/mol. The molecule has 16 heavy (non-hydrogen) atoms. The molecule has 1 amide bonds. The number of amides is 1. The van der Waals surface area contributed by atoms with Gasteiger partial charge in [-0.15, -0.1) is 0 Å². The van der Waals surface area contributed by atoms with Gasteiger partial charge in [-0.2, -0.15) is 0 Å². The predicted molar refractivity (Wildman–Crippen MR) is 61.3 cm³/mol. The van der Waals surface area contributed by atoms with E-state index < -0.39 is 11.9 Å². The van der Waals surface area contributed by atoms with Crippen molar-refractivity contribution in [3.63, 3.8) is 0 Å². The van der Waals surface area contributed by atoms with Gasteiger partial charge in [0.15, 0.2) is 0 Å². The van der Waals surface area contributed by atoms with Gasteiger partial charge < -0.3 is 9.84 Å². The van der Waals surface area contributed by atoms with Crippen LogP contribution < -0.4 is 4.90 Å². The van der Waals surface area contributed by atoms with E-state index in [2.05, 4.69) is 15.9 Å². The Bertz CT molecular complexity index is 386. The first-order valence-corrected chi connectivity index (χ1v) is 5.30. The van der Waals surface area contributed by atoms with Crippen molar-refractivity contribution in [1.82, 2.24) is 0 Å². The second kappa shape index (κ2) is 5.81. The van der Waals surface area contributed by atoms with Crippen molar-refractivity contribution in [1.29, 1.82) is 0 Å². The van der Waals surface area contributed by atoms with Crippen molar-refractivity contribution in [3.8, 4) is 0 Å². The zero-order valence-corrected chi connectivity index (χ0v) is 10.2. The molecule has 6 heteroatoms. The van der Waals surface area contributed by atoms with Gasteiger partial charge in [-0.3, -0.25) is 4.90 Å². The van der Waals surface area contributed by atoms with Gasteiger partial charge in [0.1, 0.15) is 5.82 Å². The van der Waals surface area contributed by atoms with Gasteiger partial charge in [0.25, 0.3) is 0 Å². The molecule has 0 aromatic heterocycles. The molecule has 0 aliphatic rings. The van der Waals surface area contributed by atoms with Crippen molar-refractivity contribution < 1.29 is 19.0 Å². The first kappa shape index (κ1) is 12.9. The third kappa shape index (κ3) is 3.18. The number of nitrogens with zero attached hydrogens (tertiary/aromatic N) is 1. The molecule has 0 unspecified atom stereocenters. The van der Waals surface area contributed by atoms with Gasteiger partial charge in [-0.1, -0.05) is 15.9 Å². The lowest BCUT2D eigenvalue weighted by atomic mass is 10.3. The number of methoxy groups -OCH3 is 1. The Kier molecular flexibility index (Phi) is 4.70. The molecule has 1 aromatic rings. The molecule has 0 radical (unpaired) electrons. The highest BCUT2D eigenvalue weighted by molar-refractivity contribution is 9.10. The minimum Gasteiger partial charge on any atom is -0.465 e. The first-order valence-electron chi connectivity index (χ1n) is 4.50. The molecular weight excluding hydrogens is 281 g/mol. The number of benzene rings is 1. The number of anilines is 1. The number of halogens is 2. The van der Waals surface area contributed by atoms with E-state index in [1.807, 2.05) is 0 Å². The molecule has 88 valence electrons. The molecule has 0 aliphatic heterocycles. The fraction of sp³-hybridized carbons (Fsp3) is 0.300. The number of hydrogen-bond donors (Lipinski definition) is 1. The molecule has 0 saturated heterocycles. The summed E-state index contributed by atoms with van der Waals surface area (Å²) in [5.41, 5.74) is 0.0211. The number of ether oxygens (including phenoxy) is 1. The summed E-state index contributed by atoms with van der Waals surface area (Å²) < 4.78 is 18.8. The van der Waals surface area contributed by atoms with Crippen LogP contribution >= 0.6 is 15.9 Å². The van der Waals surface area contributed by atoms with Crippen molar-refractivity contribution in [2.24, 2.45) is 0 Å². The largest absolute Gasteiger partial charge is 0.465 e. The third-order valence-electron chi connectivity index (χ3n) is 1.95. The summed E-state index contributed by atoms with van der Waals surface area (Å²) in [5, 5.41) is 8.94. The summed E-state index contributed by atoms with van der Waals surface area (Å²) in [6.07, 6.45) is -1.21. The van der Waals surface area contributed by atoms with Crippen LogP contribution in [0, 0.1) is 5.82 Å². The lowest BCUT2D eigenvalue weighted by Gasteiger charge is -2.19. The number of hydrogen-bond acceptors (Lipinski definition) is 2. The first-order chi connectivity index (χ1) is 7.56. The maximum atomic E-state index is 13.5. The van der Waals surface area contributed by atoms with E-state index >= 15 is 0 Å². The van der Waals surface area contributed by atoms with E-state index in [-0.39, 0.29) is 18.8 Å². The highest BCUT2D eigenvalue weighted by Gasteiger charge is 2.17. The lowest BCUT2D eigenvalue weighted by Crippen LogP contribution is -2.33. The minimum absolute atomic E-state index is 0.0211. The highest BCUT2D eigenvalue weighted by atomic mass is 79.9. The lowest BCUT2D eigenvalue weighted by molar-refractivity contribution is 0.186. The van der Waals surface area contributed by atoms with Crippen LogP contribution in [-0.4, -0.2) is 31.5 Å². The average molecular weight is 292 g/mol. The maximum absolute atomic E-state index is 13.5. The van der Waals surface area contributed by atoms with Crippen LogP contribution in [0.25, 0.3) is 0 Å². The molecule has 0 aliphatic carbocycles. The van der Waals surface area contributed by atoms with Gasteiger partial charge in [-0.25, -0.2) is 9.18 Å². The molecule has 0 heterocycles. The van der Waals surface area contributed by atoms with E-state index in [9.17, 15) is 9.18 Å². The van der Waals surface area contributed by atoms with Gasteiger partial charge in [0.2, 0.25) is 0 Å². The fourth-order valence-corrected chi connectivity index (χ4v) is 1.54. The van der Waals surface area contributed by atoms with Gasteiger partial charge in [0, 0.05) is 11.6 Å². The van der Waals surface area contributed by atoms with Crippen molar-refractivity contribution in [3.05, 3.63) is 28.5 Å². The number of carbonyl (C=O) groups is 1. The molecule has 0 saturated carbocycles. The summed E-state index contributed by atoms with van der Waals surface area (Å²) in [6, 6.07) is 4.21. The van der Waals surface area contributed by atoms with E-state index in [0.29, 0.717) is 4.47 Å². The zero-order valence-electron chi connectivity index (χ0n) is 8.61. The van der Waals surface area contributed by atoms with Crippen LogP contribution in [0.1, 0.15) is 0 Å². The van der Waals surface area contributed by atoms with Crippen LogP contribution in [-0.2, 0) is 4.74 Å². The second-order valence-electron chi connectivity index (χ2n) is 3.02. The van der Waals surface area contributed by atoms with Gasteiger partial charge in [-0.05, 0) is 18.2 Å². The Labute approximate surface area is 101 Å². The molecule has 0 atom stereocenters. The Morgan fingerprint density at radius 1 is 1.62 bits per heavy atom. The zero-order chi connectivity index (χ0) is 12.1. The number of carboxylic acid groups (broad SMARTS) is 1. The molecule has 0 fully saturated rings. The summed E-state index contributed by atoms with van der Waals surface area (Å²) in [5.74, 6) is -0.590.